The average Bonchev–Trinajstić information content (AvgIpc) is 2.72. The Bertz CT molecular complexity index is 280. The molecule has 0 aliphatic heterocycles. The number of nitrogens with zero attached hydrogens (tertiary/aromatic N) is 2. The summed E-state index contributed by atoms with van der Waals surface area (Å²) in [5.74, 6) is 0. The number of aromatic nitrogens is 2. The summed E-state index contributed by atoms with van der Waals surface area (Å²) < 4.78 is 2.03. The normalized spacial score (nSPS) is 12.9. The lowest BCUT2D eigenvalue weighted by molar-refractivity contribution is 0.462. The predicted octanol–water partition coefficient (Wildman–Crippen LogP) is 2.96. The van der Waals surface area contributed by atoms with E-state index in [4.69, 9.17) is 0 Å². The van der Waals surface area contributed by atoms with Gasteiger partial charge >= 0.3 is 0 Å². The van der Waals surface area contributed by atoms with Crippen molar-refractivity contribution in [1.82, 2.24) is 15.1 Å². The molecule has 0 spiro atoms. The van der Waals surface area contributed by atoms with E-state index in [0.29, 0.717) is 6.04 Å². The van der Waals surface area contributed by atoms with Crippen LogP contribution in [0, 0.1) is 0 Å². The molecule has 92 valence electrons. The molecule has 1 atom stereocenters. The first-order valence-corrected chi connectivity index (χ1v) is 6.54. The Labute approximate surface area is 99.2 Å². The summed E-state index contributed by atoms with van der Waals surface area (Å²) in [6, 6.07) is 0.652. The second-order valence-electron chi connectivity index (χ2n) is 4.39. The van der Waals surface area contributed by atoms with Crippen molar-refractivity contribution >= 4 is 0 Å². The molecule has 3 nitrogen and oxygen atoms in total. The maximum absolute atomic E-state index is 4.33. The van der Waals surface area contributed by atoms with Crippen LogP contribution in [0.25, 0.3) is 0 Å². The molecule has 0 amide bonds. The monoisotopic (exact) mass is 223 g/mol. The Morgan fingerprint density at radius 2 is 2.12 bits per heavy atom. The van der Waals surface area contributed by atoms with Crippen molar-refractivity contribution < 1.29 is 0 Å². The van der Waals surface area contributed by atoms with Crippen LogP contribution in [0.15, 0.2) is 12.4 Å². The van der Waals surface area contributed by atoms with Gasteiger partial charge in [0.05, 0.1) is 6.20 Å². The van der Waals surface area contributed by atoms with Gasteiger partial charge in [-0.1, -0.05) is 27.2 Å². The zero-order valence-electron chi connectivity index (χ0n) is 10.9. The van der Waals surface area contributed by atoms with E-state index in [1.54, 1.807) is 0 Å². The number of rotatable bonds is 8. The van der Waals surface area contributed by atoms with Crippen LogP contribution >= 0.6 is 0 Å². The third-order valence-corrected chi connectivity index (χ3v) is 2.86. The highest BCUT2D eigenvalue weighted by Crippen LogP contribution is 2.04. The van der Waals surface area contributed by atoms with Crippen LogP contribution in [0.5, 0.6) is 0 Å². The van der Waals surface area contributed by atoms with E-state index >= 15 is 0 Å². The lowest BCUT2D eigenvalue weighted by atomic mass is 10.1. The van der Waals surface area contributed by atoms with E-state index in [0.717, 1.165) is 19.5 Å². The highest BCUT2D eigenvalue weighted by Gasteiger charge is 2.04. The third kappa shape index (κ3) is 4.35. The van der Waals surface area contributed by atoms with Crippen LogP contribution in [0.3, 0.4) is 0 Å². The van der Waals surface area contributed by atoms with Gasteiger partial charge in [0.25, 0.3) is 0 Å². The molecule has 1 aromatic heterocycles. The summed E-state index contributed by atoms with van der Waals surface area (Å²) in [5, 5.41) is 7.92. The Kier molecular flexibility index (Phi) is 6.16. The van der Waals surface area contributed by atoms with Gasteiger partial charge in [-0.25, -0.2) is 0 Å². The van der Waals surface area contributed by atoms with E-state index in [-0.39, 0.29) is 0 Å². The second-order valence-corrected chi connectivity index (χ2v) is 4.39. The maximum atomic E-state index is 4.33. The molecule has 0 aliphatic carbocycles. The van der Waals surface area contributed by atoms with Crippen LogP contribution in [0.4, 0.5) is 0 Å². The Balaban J connectivity index is 2.34. The fourth-order valence-corrected chi connectivity index (χ4v) is 1.91. The van der Waals surface area contributed by atoms with Gasteiger partial charge in [-0.15, -0.1) is 0 Å². The van der Waals surface area contributed by atoms with Crippen LogP contribution in [0.2, 0.25) is 0 Å². The fraction of sp³-hybridized carbons (Fsp3) is 0.769. The molecule has 0 saturated carbocycles. The van der Waals surface area contributed by atoms with E-state index in [2.05, 4.69) is 37.4 Å². The van der Waals surface area contributed by atoms with E-state index in [9.17, 15) is 0 Å². The van der Waals surface area contributed by atoms with Gasteiger partial charge in [0.2, 0.25) is 0 Å². The Morgan fingerprint density at radius 3 is 2.75 bits per heavy atom. The summed E-state index contributed by atoms with van der Waals surface area (Å²) in [6.07, 6.45) is 8.98. The van der Waals surface area contributed by atoms with Crippen LogP contribution in [-0.2, 0) is 13.1 Å². The first kappa shape index (κ1) is 13.2. The number of aryl methyl sites for hydroxylation is 1. The molecule has 1 unspecified atom stereocenters. The minimum Gasteiger partial charge on any atom is -0.310 e. The van der Waals surface area contributed by atoms with Crippen molar-refractivity contribution in [3.63, 3.8) is 0 Å². The summed E-state index contributed by atoms with van der Waals surface area (Å²) >= 11 is 0. The number of nitrogens with one attached hydrogen (secondary N) is 1. The quantitative estimate of drug-likeness (QED) is 0.734. The van der Waals surface area contributed by atoms with Gasteiger partial charge in [-0.3, -0.25) is 4.68 Å². The second kappa shape index (κ2) is 7.44. The summed E-state index contributed by atoms with van der Waals surface area (Å²) in [6.45, 7) is 8.62. The van der Waals surface area contributed by atoms with E-state index in [1.165, 1.54) is 24.8 Å². The molecule has 0 bridgehead atoms. The van der Waals surface area contributed by atoms with Crippen molar-refractivity contribution in [2.75, 3.05) is 0 Å². The molecule has 0 fully saturated rings. The third-order valence-electron chi connectivity index (χ3n) is 2.86. The molecule has 3 heteroatoms. The average molecular weight is 223 g/mol. The summed E-state index contributed by atoms with van der Waals surface area (Å²) in [7, 11) is 0. The van der Waals surface area contributed by atoms with Crippen LogP contribution < -0.4 is 5.32 Å². The molecule has 1 N–H and O–H groups in total. The molecule has 1 heterocycles. The first-order chi connectivity index (χ1) is 7.80. The standard InChI is InChI=1S/C13H25N3/c1-4-7-13(6-3)14-9-12-10-15-16(11-12)8-5-2/h10-11,13-14H,4-9H2,1-3H3. The van der Waals surface area contributed by atoms with Crippen molar-refractivity contribution in [2.45, 2.75) is 65.6 Å². The highest BCUT2D eigenvalue weighted by atomic mass is 15.3. The minimum atomic E-state index is 0.652. The Hall–Kier alpha value is -0.830. The molecule has 0 aromatic carbocycles. The fourth-order valence-electron chi connectivity index (χ4n) is 1.91. The van der Waals surface area contributed by atoms with Crippen molar-refractivity contribution in [3.05, 3.63) is 18.0 Å². The lowest BCUT2D eigenvalue weighted by Gasteiger charge is -2.14. The SMILES string of the molecule is CCCC(CC)NCc1cnn(CCC)c1. The van der Waals surface area contributed by atoms with Crippen molar-refractivity contribution in [2.24, 2.45) is 0 Å². The predicted molar refractivity (Wildman–Crippen MR) is 68.3 cm³/mol. The smallest absolute Gasteiger partial charge is 0.0534 e. The molecular formula is C13H25N3. The summed E-state index contributed by atoms with van der Waals surface area (Å²) in [4.78, 5) is 0. The van der Waals surface area contributed by atoms with Crippen molar-refractivity contribution in [3.8, 4) is 0 Å². The zero-order chi connectivity index (χ0) is 11.8. The topological polar surface area (TPSA) is 29.9 Å². The van der Waals surface area contributed by atoms with Crippen LogP contribution in [0.1, 0.15) is 52.0 Å². The summed E-state index contributed by atoms with van der Waals surface area (Å²) in [5.41, 5.74) is 1.29. The largest absolute Gasteiger partial charge is 0.310 e. The number of hydrogen-bond acceptors (Lipinski definition) is 2. The van der Waals surface area contributed by atoms with Gasteiger partial charge in [-0.05, 0) is 19.3 Å². The molecule has 0 saturated heterocycles. The van der Waals surface area contributed by atoms with Crippen LogP contribution in [-0.4, -0.2) is 15.8 Å². The molecule has 0 aliphatic rings. The zero-order valence-corrected chi connectivity index (χ0v) is 10.9. The van der Waals surface area contributed by atoms with Gasteiger partial charge in [0, 0.05) is 30.9 Å². The van der Waals surface area contributed by atoms with Gasteiger partial charge < -0.3 is 5.32 Å². The van der Waals surface area contributed by atoms with Crippen molar-refractivity contribution in [1.29, 1.82) is 0 Å². The number of hydrogen-bond donors (Lipinski definition) is 1. The van der Waals surface area contributed by atoms with Gasteiger partial charge in [0.1, 0.15) is 0 Å². The minimum absolute atomic E-state index is 0.652. The first-order valence-electron chi connectivity index (χ1n) is 6.54. The van der Waals surface area contributed by atoms with Gasteiger partial charge in [-0.2, -0.15) is 5.10 Å². The molecule has 1 rings (SSSR count). The Morgan fingerprint density at radius 1 is 1.31 bits per heavy atom. The highest BCUT2D eigenvalue weighted by molar-refractivity contribution is 5.03. The maximum Gasteiger partial charge on any atom is 0.0534 e. The lowest BCUT2D eigenvalue weighted by Crippen LogP contribution is -2.27. The van der Waals surface area contributed by atoms with E-state index in [1.807, 2.05) is 10.9 Å². The molecule has 1 aromatic rings. The molecule has 0 radical (unpaired) electrons. The molecular weight excluding hydrogens is 198 g/mol. The molecule has 16 heavy (non-hydrogen) atoms. The van der Waals surface area contributed by atoms with E-state index < -0.39 is 0 Å². The van der Waals surface area contributed by atoms with Gasteiger partial charge in [0.15, 0.2) is 0 Å².